The van der Waals surface area contributed by atoms with Crippen LogP contribution in [-0.4, -0.2) is 21.1 Å². The van der Waals surface area contributed by atoms with Gasteiger partial charge in [-0.05, 0) is 18.6 Å². The Morgan fingerprint density at radius 3 is 2.94 bits per heavy atom. The topological polar surface area (TPSA) is 42.7 Å². The maximum absolute atomic E-state index is 4.57. The third-order valence-corrected chi connectivity index (χ3v) is 2.57. The van der Waals surface area contributed by atoms with Crippen LogP contribution in [0.25, 0.3) is 5.82 Å². The minimum atomic E-state index is 0.904. The quantitative estimate of drug-likeness (QED) is 0.858. The largest absolute Gasteiger partial charge is 0.370 e. The summed E-state index contributed by atoms with van der Waals surface area (Å²) in [6.45, 7) is 5.18. The molecule has 1 N–H and O–H groups in total. The molecule has 0 aliphatic heterocycles. The Bertz CT molecular complexity index is 476. The van der Waals surface area contributed by atoms with Crippen LogP contribution in [0, 0.1) is 0 Å². The van der Waals surface area contributed by atoms with Crippen LogP contribution in [-0.2, 0) is 6.42 Å². The van der Waals surface area contributed by atoms with Crippen molar-refractivity contribution >= 4 is 5.82 Å². The van der Waals surface area contributed by atoms with Crippen molar-refractivity contribution in [2.75, 3.05) is 11.9 Å². The molecule has 0 aliphatic carbocycles. The summed E-state index contributed by atoms with van der Waals surface area (Å²) in [6, 6.07) is 6.00. The van der Waals surface area contributed by atoms with E-state index in [1.54, 1.807) is 0 Å². The molecule has 4 nitrogen and oxygen atoms in total. The lowest BCUT2D eigenvalue weighted by Crippen LogP contribution is -2.06. The van der Waals surface area contributed by atoms with E-state index in [1.807, 2.05) is 35.2 Å². The van der Waals surface area contributed by atoms with Crippen molar-refractivity contribution in [3.05, 3.63) is 36.4 Å². The lowest BCUT2D eigenvalue weighted by molar-refractivity contribution is 0.865. The van der Waals surface area contributed by atoms with Crippen LogP contribution in [0.5, 0.6) is 0 Å². The molecule has 4 heteroatoms. The minimum Gasteiger partial charge on any atom is -0.370 e. The molecule has 2 aromatic heterocycles. The van der Waals surface area contributed by atoms with Crippen LogP contribution < -0.4 is 5.32 Å². The SMILES string of the molecule is CCCNc1cccc(-n2ccnc2CC)n1. The normalized spacial score (nSPS) is 10.5. The predicted octanol–water partition coefficient (Wildman–Crippen LogP) is 2.65. The van der Waals surface area contributed by atoms with Crippen LogP contribution >= 0.6 is 0 Å². The fraction of sp³-hybridized carbons (Fsp3) is 0.385. The van der Waals surface area contributed by atoms with Gasteiger partial charge in [-0.15, -0.1) is 0 Å². The first-order valence-electron chi connectivity index (χ1n) is 6.08. The molecule has 0 fully saturated rings. The Kier molecular flexibility index (Phi) is 3.75. The van der Waals surface area contributed by atoms with Crippen LogP contribution in [0.2, 0.25) is 0 Å². The van der Waals surface area contributed by atoms with Crippen LogP contribution in [0.15, 0.2) is 30.6 Å². The molecule has 2 aromatic rings. The number of rotatable bonds is 5. The van der Waals surface area contributed by atoms with Crippen molar-refractivity contribution < 1.29 is 0 Å². The van der Waals surface area contributed by atoms with Crippen molar-refractivity contribution in [2.24, 2.45) is 0 Å². The first-order valence-corrected chi connectivity index (χ1v) is 6.08. The van der Waals surface area contributed by atoms with E-state index in [4.69, 9.17) is 0 Å². The van der Waals surface area contributed by atoms with Gasteiger partial charge in [-0.2, -0.15) is 0 Å². The number of hydrogen-bond donors (Lipinski definition) is 1. The monoisotopic (exact) mass is 230 g/mol. The fourth-order valence-corrected chi connectivity index (χ4v) is 1.71. The smallest absolute Gasteiger partial charge is 0.140 e. The Morgan fingerprint density at radius 1 is 1.29 bits per heavy atom. The average molecular weight is 230 g/mol. The number of hydrogen-bond acceptors (Lipinski definition) is 3. The molecule has 0 amide bonds. The molecule has 0 atom stereocenters. The Hall–Kier alpha value is -1.84. The fourth-order valence-electron chi connectivity index (χ4n) is 1.71. The predicted molar refractivity (Wildman–Crippen MR) is 69.5 cm³/mol. The van der Waals surface area contributed by atoms with E-state index in [1.165, 1.54) is 0 Å². The second-order valence-corrected chi connectivity index (χ2v) is 3.87. The Balaban J connectivity index is 2.26. The van der Waals surface area contributed by atoms with Crippen molar-refractivity contribution in [2.45, 2.75) is 26.7 Å². The first-order chi connectivity index (χ1) is 8.35. The number of nitrogens with one attached hydrogen (secondary N) is 1. The third-order valence-electron chi connectivity index (χ3n) is 2.57. The van der Waals surface area contributed by atoms with Gasteiger partial charge in [0.25, 0.3) is 0 Å². The standard InChI is InChI=1S/C13H18N4/c1-3-8-14-11-6-5-7-13(16-11)17-10-9-15-12(17)4-2/h5-7,9-10H,3-4,8H2,1-2H3,(H,14,16). The highest BCUT2D eigenvalue weighted by molar-refractivity contribution is 5.40. The number of anilines is 1. The van der Waals surface area contributed by atoms with E-state index in [9.17, 15) is 0 Å². The molecule has 0 saturated carbocycles. The van der Waals surface area contributed by atoms with Gasteiger partial charge >= 0.3 is 0 Å². The molecule has 17 heavy (non-hydrogen) atoms. The molecule has 0 aromatic carbocycles. The van der Waals surface area contributed by atoms with E-state index in [0.717, 1.165) is 36.8 Å². The summed E-state index contributed by atoms with van der Waals surface area (Å²) in [5.74, 6) is 2.87. The van der Waals surface area contributed by atoms with Gasteiger partial charge in [0.05, 0.1) is 0 Å². The van der Waals surface area contributed by atoms with Crippen molar-refractivity contribution in [3.63, 3.8) is 0 Å². The van der Waals surface area contributed by atoms with Crippen LogP contribution in [0.4, 0.5) is 5.82 Å². The summed E-state index contributed by atoms with van der Waals surface area (Å²) in [5.41, 5.74) is 0. The summed E-state index contributed by atoms with van der Waals surface area (Å²) in [7, 11) is 0. The number of aromatic nitrogens is 3. The van der Waals surface area contributed by atoms with Crippen LogP contribution in [0.1, 0.15) is 26.1 Å². The van der Waals surface area contributed by atoms with Crippen LogP contribution in [0.3, 0.4) is 0 Å². The number of pyridine rings is 1. The molecule has 0 saturated heterocycles. The van der Waals surface area contributed by atoms with E-state index >= 15 is 0 Å². The first kappa shape index (κ1) is 11.6. The van der Waals surface area contributed by atoms with Gasteiger partial charge in [-0.3, -0.25) is 4.57 Å². The van der Waals surface area contributed by atoms with E-state index in [-0.39, 0.29) is 0 Å². The minimum absolute atomic E-state index is 0.904. The Labute approximate surface area is 102 Å². The maximum Gasteiger partial charge on any atom is 0.140 e. The van der Waals surface area contributed by atoms with E-state index in [0.29, 0.717) is 0 Å². The molecule has 0 spiro atoms. The number of nitrogens with zero attached hydrogens (tertiary/aromatic N) is 3. The number of imidazole rings is 1. The second-order valence-electron chi connectivity index (χ2n) is 3.87. The summed E-state index contributed by atoms with van der Waals surface area (Å²) in [4.78, 5) is 8.88. The zero-order valence-electron chi connectivity index (χ0n) is 10.3. The van der Waals surface area contributed by atoms with Crippen molar-refractivity contribution in [1.82, 2.24) is 14.5 Å². The third kappa shape index (κ3) is 2.64. The molecule has 0 aliphatic rings. The molecule has 0 bridgehead atoms. The van der Waals surface area contributed by atoms with E-state index in [2.05, 4.69) is 29.1 Å². The van der Waals surface area contributed by atoms with Crippen molar-refractivity contribution in [1.29, 1.82) is 0 Å². The van der Waals surface area contributed by atoms with Gasteiger partial charge in [0.15, 0.2) is 0 Å². The number of aryl methyl sites for hydroxylation is 1. The van der Waals surface area contributed by atoms with Gasteiger partial charge in [-0.1, -0.05) is 19.9 Å². The summed E-state index contributed by atoms with van der Waals surface area (Å²) in [5, 5.41) is 3.29. The molecule has 0 radical (unpaired) electrons. The van der Waals surface area contributed by atoms with Crippen molar-refractivity contribution in [3.8, 4) is 5.82 Å². The molecule has 0 unspecified atom stereocenters. The molecule has 2 rings (SSSR count). The summed E-state index contributed by atoms with van der Waals surface area (Å²) < 4.78 is 2.02. The maximum atomic E-state index is 4.57. The highest BCUT2D eigenvalue weighted by Gasteiger charge is 2.04. The van der Waals surface area contributed by atoms with Gasteiger partial charge in [0, 0.05) is 25.4 Å². The zero-order chi connectivity index (χ0) is 12.1. The second kappa shape index (κ2) is 5.48. The lowest BCUT2D eigenvalue weighted by Gasteiger charge is -2.08. The van der Waals surface area contributed by atoms with Gasteiger partial charge in [0.1, 0.15) is 17.5 Å². The summed E-state index contributed by atoms with van der Waals surface area (Å²) >= 11 is 0. The van der Waals surface area contributed by atoms with Gasteiger partial charge in [-0.25, -0.2) is 9.97 Å². The lowest BCUT2D eigenvalue weighted by atomic mass is 10.4. The van der Waals surface area contributed by atoms with Gasteiger partial charge < -0.3 is 5.32 Å². The molecular formula is C13H18N4. The molecular weight excluding hydrogens is 212 g/mol. The summed E-state index contributed by atoms with van der Waals surface area (Å²) in [6.07, 6.45) is 5.76. The molecule has 90 valence electrons. The highest BCUT2D eigenvalue weighted by Crippen LogP contribution is 2.11. The van der Waals surface area contributed by atoms with E-state index < -0.39 is 0 Å². The average Bonchev–Trinajstić information content (AvgIpc) is 2.85. The van der Waals surface area contributed by atoms with Gasteiger partial charge in [0.2, 0.25) is 0 Å². The molecule has 2 heterocycles. The Morgan fingerprint density at radius 2 is 2.18 bits per heavy atom. The highest BCUT2D eigenvalue weighted by atomic mass is 15.1. The zero-order valence-corrected chi connectivity index (χ0v) is 10.3.